The van der Waals surface area contributed by atoms with Crippen molar-refractivity contribution in [2.45, 2.75) is 6.92 Å². The second-order valence-corrected chi connectivity index (χ2v) is 4.44. The first-order valence-corrected chi connectivity index (χ1v) is 6.42. The van der Waals surface area contributed by atoms with Gasteiger partial charge in [0.1, 0.15) is 15.1 Å². The quantitative estimate of drug-likeness (QED) is 0.854. The molecule has 2 aromatic rings. The normalized spacial score (nSPS) is 10.1. The van der Waals surface area contributed by atoms with E-state index < -0.39 is 0 Å². The number of nitrogens with one attached hydrogen (secondary N) is 1. The molecule has 0 aliphatic carbocycles. The first-order chi connectivity index (χ1) is 8.70. The van der Waals surface area contributed by atoms with Gasteiger partial charge >= 0.3 is 0 Å². The Morgan fingerprint density at radius 3 is 2.61 bits per heavy atom. The number of aromatic amines is 1. The highest BCUT2D eigenvalue weighted by molar-refractivity contribution is 14.1. The molecule has 1 aromatic carbocycles. The van der Waals surface area contributed by atoms with Crippen molar-refractivity contribution in [2.75, 3.05) is 6.61 Å². The summed E-state index contributed by atoms with van der Waals surface area (Å²) in [5, 5.41) is 0. The molecular formula is C12H11IN2O3. The zero-order valence-corrected chi connectivity index (χ0v) is 11.8. The largest absolute Gasteiger partial charge is 0.494 e. The van der Waals surface area contributed by atoms with Crippen molar-refractivity contribution >= 4 is 22.6 Å². The summed E-state index contributed by atoms with van der Waals surface area (Å²) in [5.41, 5.74) is -0.216. The molecule has 0 saturated carbocycles. The molecule has 0 bridgehead atoms. The van der Waals surface area contributed by atoms with Gasteiger partial charge in [-0.3, -0.25) is 4.79 Å². The first kappa shape index (κ1) is 12.9. The Morgan fingerprint density at radius 1 is 1.28 bits per heavy atom. The van der Waals surface area contributed by atoms with Gasteiger partial charge in [0.05, 0.1) is 12.9 Å². The maximum atomic E-state index is 11.4. The molecule has 6 heteroatoms. The average molecular weight is 358 g/mol. The molecule has 0 spiro atoms. The van der Waals surface area contributed by atoms with Gasteiger partial charge in [0.15, 0.2) is 0 Å². The third-order valence-corrected chi connectivity index (χ3v) is 3.07. The van der Waals surface area contributed by atoms with Gasteiger partial charge in [0.25, 0.3) is 5.56 Å². The molecular weight excluding hydrogens is 347 g/mol. The number of halogens is 1. The van der Waals surface area contributed by atoms with Gasteiger partial charge in [0, 0.05) is 0 Å². The lowest BCUT2D eigenvalue weighted by Gasteiger charge is -2.07. The molecule has 0 saturated heterocycles. The van der Waals surface area contributed by atoms with Crippen LogP contribution in [0.2, 0.25) is 0 Å². The zero-order chi connectivity index (χ0) is 13.0. The van der Waals surface area contributed by atoms with E-state index in [2.05, 4.69) is 9.97 Å². The van der Waals surface area contributed by atoms with Crippen LogP contribution in [0.25, 0.3) is 0 Å². The summed E-state index contributed by atoms with van der Waals surface area (Å²) in [6.07, 6.45) is 1.31. The molecule has 0 aliphatic rings. The van der Waals surface area contributed by atoms with E-state index in [-0.39, 0.29) is 5.56 Å². The topological polar surface area (TPSA) is 64.2 Å². The van der Waals surface area contributed by atoms with Gasteiger partial charge in [-0.05, 0) is 53.8 Å². The van der Waals surface area contributed by atoms with Crippen molar-refractivity contribution in [1.29, 1.82) is 0 Å². The van der Waals surface area contributed by atoms with E-state index in [9.17, 15) is 4.79 Å². The van der Waals surface area contributed by atoms with Crippen molar-refractivity contribution in [2.24, 2.45) is 0 Å². The number of nitrogens with zero attached hydrogens (tertiary/aromatic N) is 1. The third-order valence-electron chi connectivity index (χ3n) is 2.11. The summed E-state index contributed by atoms with van der Waals surface area (Å²) in [6.45, 7) is 2.54. The maximum Gasteiger partial charge on any atom is 0.268 e. The predicted molar refractivity (Wildman–Crippen MR) is 75.3 cm³/mol. The van der Waals surface area contributed by atoms with Gasteiger partial charge in [0.2, 0.25) is 5.88 Å². The SMILES string of the molecule is CCOc1ccc(Oc2nc[nH]c(=O)c2I)cc1. The molecule has 0 aliphatic heterocycles. The van der Waals surface area contributed by atoms with Crippen LogP contribution >= 0.6 is 22.6 Å². The molecule has 1 heterocycles. The van der Waals surface area contributed by atoms with Gasteiger partial charge in [-0.1, -0.05) is 0 Å². The Kier molecular flexibility index (Phi) is 4.19. The van der Waals surface area contributed by atoms with E-state index in [1.165, 1.54) is 6.33 Å². The van der Waals surface area contributed by atoms with Gasteiger partial charge in [-0.15, -0.1) is 0 Å². The highest BCUT2D eigenvalue weighted by atomic mass is 127. The minimum absolute atomic E-state index is 0.216. The Labute approximate surface area is 117 Å². The number of H-pyrrole nitrogens is 1. The third kappa shape index (κ3) is 3.00. The minimum Gasteiger partial charge on any atom is -0.494 e. The molecule has 1 aromatic heterocycles. The number of hydrogen-bond donors (Lipinski definition) is 1. The summed E-state index contributed by atoms with van der Waals surface area (Å²) in [5.74, 6) is 1.68. The van der Waals surface area contributed by atoms with E-state index in [4.69, 9.17) is 9.47 Å². The van der Waals surface area contributed by atoms with E-state index in [0.717, 1.165) is 5.75 Å². The molecule has 0 unspecified atom stereocenters. The summed E-state index contributed by atoms with van der Waals surface area (Å²) in [6, 6.07) is 7.14. The van der Waals surface area contributed by atoms with Crippen LogP contribution < -0.4 is 15.0 Å². The highest BCUT2D eigenvalue weighted by Crippen LogP contribution is 2.24. The van der Waals surface area contributed by atoms with Gasteiger partial charge < -0.3 is 14.5 Å². The van der Waals surface area contributed by atoms with Crippen molar-refractivity contribution in [1.82, 2.24) is 9.97 Å². The molecule has 0 radical (unpaired) electrons. The first-order valence-electron chi connectivity index (χ1n) is 5.34. The lowest BCUT2D eigenvalue weighted by Crippen LogP contribution is -2.11. The van der Waals surface area contributed by atoms with Crippen LogP contribution in [0.3, 0.4) is 0 Å². The zero-order valence-electron chi connectivity index (χ0n) is 9.64. The summed E-state index contributed by atoms with van der Waals surface area (Å²) in [7, 11) is 0. The molecule has 5 nitrogen and oxygen atoms in total. The van der Waals surface area contributed by atoms with Crippen LogP contribution in [-0.2, 0) is 0 Å². The van der Waals surface area contributed by atoms with E-state index in [1.54, 1.807) is 24.3 Å². The monoisotopic (exact) mass is 358 g/mol. The molecule has 0 amide bonds. The Bertz CT molecular complexity index is 581. The van der Waals surface area contributed by atoms with Crippen molar-refractivity contribution in [3.63, 3.8) is 0 Å². The number of aromatic nitrogens is 2. The molecule has 94 valence electrons. The predicted octanol–water partition coefficient (Wildman–Crippen LogP) is 2.57. The van der Waals surface area contributed by atoms with E-state index in [1.807, 2.05) is 29.5 Å². The number of hydrogen-bond acceptors (Lipinski definition) is 4. The fourth-order valence-corrected chi connectivity index (χ4v) is 1.73. The maximum absolute atomic E-state index is 11.4. The molecule has 18 heavy (non-hydrogen) atoms. The Balaban J connectivity index is 2.18. The molecule has 2 rings (SSSR count). The fraction of sp³-hybridized carbons (Fsp3) is 0.167. The Morgan fingerprint density at radius 2 is 1.94 bits per heavy atom. The van der Waals surface area contributed by atoms with Crippen LogP contribution in [0.15, 0.2) is 35.4 Å². The second kappa shape index (κ2) is 5.85. The van der Waals surface area contributed by atoms with Crippen molar-refractivity contribution in [3.8, 4) is 17.4 Å². The van der Waals surface area contributed by atoms with Crippen LogP contribution in [0.4, 0.5) is 0 Å². The van der Waals surface area contributed by atoms with Gasteiger partial charge in [-0.2, -0.15) is 0 Å². The minimum atomic E-state index is -0.216. The lowest BCUT2D eigenvalue weighted by molar-refractivity contribution is 0.339. The van der Waals surface area contributed by atoms with Crippen LogP contribution in [-0.4, -0.2) is 16.6 Å². The van der Waals surface area contributed by atoms with E-state index >= 15 is 0 Å². The highest BCUT2D eigenvalue weighted by Gasteiger charge is 2.07. The second-order valence-electron chi connectivity index (χ2n) is 3.36. The van der Waals surface area contributed by atoms with E-state index in [0.29, 0.717) is 21.8 Å². The standard InChI is InChI=1S/C12H11IN2O3/c1-2-17-8-3-5-9(6-4-8)18-12-10(13)11(16)14-7-15-12/h3-7H,2H2,1H3,(H,14,15,16). The fourth-order valence-electron chi connectivity index (χ4n) is 1.32. The number of ether oxygens (including phenoxy) is 2. The summed E-state index contributed by atoms with van der Waals surface area (Å²) in [4.78, 5) is 17.8. The van der Waals surface area contributed by atoms with Gasteiger partial charge in [-0.25, -0.2) is 4.98 Å². The molecule has 1 N–H and O–H groups in total. The lowest BCUT2D eigenvalue weighted by atomic mass is 10.3. The van der Waals surface area contributed by atoms with Crippen molar-refractivity contribution < 1.29 is 9.47 Å². The smallest absolute Gasteiger partial charge is 0.268 e. The average Bonchev–Trinajstić information content (AvgIpc) is 2.38. The van der Waals surface area contributed by atoms with Crippen LogP contribution in [0.5, 0.6) is 17.4 Å². The molecule has 0 fully saturated rings. The molecule has 0 atom stereocenters. The number of benzene rings is 1. The van der Waals surface area contributed by atoms with Crippen LogP contribution in [0.1, 0.15) is 6.92 Å². The Hall–Kier alpha value is -1.57. The van der Waals surface area contributed by atoms with Crippen molar-refractivity contribution in [3.05, 3.63) is 44.5 Å². The number of rotatable bonds is 4. The summed E-state index contributed by atoms with van der Waals surface area (Å²) < 4.78 is 11.3. The summed E-state index contributed by atoms with van der Waals surface area (Å²) >= 11 is 1.90. The van der Waals surface area contributed by atoms with Crippen LogP contribution in [0, 0.1) is 3.57 Å².